The molecule has 8 rings (SSSR count). The molecule has 4 aromatic rings. The Hall–Kier alpha value is -3.71. The third-order valence-corrected chi connectivity index (χ3v) is 11.4. The number of halogens is 6. The molecule has 6 heterocycles. The van der Waals surface area contributed by atoms with Gasteiger partial charge in [-0.2, -0.15) is 24.0 Å². The standard InChI is InChI=1S/C32H28ClF5N6O3S/c33-23-21(17-2-3-19(35)27-20(17)18(10-39)28(40)48-27)24(36)25-22-26(23)45-12-15-8-16(47-30(37)38)4-7-44(15)29(22)42-31(41-25)46-13-32-5-1-6-43(32)11-14(34)9-32/h2-3,14-16,30H,1,4-9,11-13,40H2/t14-,15?,16?,32?/m1/s1. The van der Waals surface area contributed by atoms with E-state index in [0.29, 0.717) is 13.0 Å². The average molecular weight is 707 g/mol. The Morgan fingerprint density at radius 2 is 2.06 bits per heavy atom. The quantitative estimate of drug-likeness (QED) is 0.216. The second kappa shape index (κ2) is 11.7. The molecular formula is C32H28ClF5N6O3S. The molecule has 2 N–H and O–H groups in total. The second-order valence-corrected chi connectivity index (χ2v) is 14.1. The summed E-state index contributed by atoms with van der Waals surface area (Å²) in [6, 6.07) is 3.79. The topological polar surface area (TPSA) is 110 Å². The molecule has 0 amide bonds. The monoisotopic (exact) mass is 706 g/mol. The number of nitrogen functional groups attached to an aromatic ring is 1. The Labute approximate surface area is 279 Å². The van der Waals surface area contributed by atoms with Crippen LogP contribution in [0.1, 0.15) is 37.7 Å². The van der Waals surface area contributed by atoms with Gasteiger partial charge in [0.1, 0.15) is 47.6 Å². The molecule has 3 fully saturated rings. The maximum atomic E-state index is 17.1. The van der Waals surface area contributed by atoms with Crippen LogP contribution in [0.25, 0.3) is 32.1 Å². The van der Waals surface area contributed by atoms with Gasteiger partial charge in [-0.15, -0.1) is 11.3 Å². The van der Waals surface area contributed by atoms with Gasteiger partial charge in [-0.3, -0.25) is 4.90 Å². The molecule has 4 aliphatic heterocycles. The average Bonchev–Trinajstić information content (AvgIpc) is 3.66. The molecule has 0 radical (unpaired) electrons. The lowest BCUT2D eigenvalue weighted by Gasteiger charge is -2.38. The highest BCUT2D eigenvalue weighted by Crippen LogP contribution is 2.51. The molecule has 4 aliphatic rings. The van der Waals surface area contributed by atoms with Gasteiger partial charge >= 0.3 is 12.6 Å². The fourth-order valence-corrected chi connectivity index (χ4v) is 9.22. The lowest BCUT2D eigenvalue weighted by molar-refractivity contribution is -0.169. The normalized spacial score (nSPS) is 25.3. The summed E-state index contributed by atoms with van der Waals surface area (Å²) in [5, 5.41) is 10.0. The predicted molar refractivity (Wildman–Crippen MR) is 170 cm³/mol. The molecular weight excluding hydrogens is 679 g/mol. The van der Waals surface area contributed by atoms with E-state index in [2.05, 4.69) is 9.88 Å². The SMILES string of the molecule is N#Cc1c(N)sc2c(F)ccc(-c3c(Cl)c4c5c(nc(OCC67CCCN6C[C@H](F)C7)nc5c3F)N3CCC(OC(F)F)CC3CO4)c12. The zero-order chi connectivity index (χ0) is 33.5. The number of thiophene rings is 1. The number of nitriles is 1. The van der Waals surface area contributed by atoms with Crippen LogP contribution in [-0.2, 0) is 4.74 Å². The van der Waals surface area contributed by atoms with Crippen molar-refractivity contribution in [2.75, 3.05) is 43.5 Å². The van der Waals surface area contributed by atoms with E-state index in [4.69, 9.17) is 36.5 Å². The minimum atomic E-state index is -2.95. The van der Waals surface area contributed by atoms with Crippen molar-refractivity contribution in [1.82, 2.24) is 14.9 Å². The smallest absolute Gasteiger partial charge is 0.345 e. The minimum absolute atomic E-state index is 0.0236. The van der Waals surface area contributed by atoms with Crippen molar-refractivity contribution in [3.05, 3.63) is 34.4 Å². The van der Waals surface area contributed by atoms with Gasteiger partial charge in [-0.05, 0) is 43.9 Å². The van der Waals surface area contributed by atoms with Crippen molar-refractivity contribution in [3.8, 4) is 29.0 Å². The Bertz CT molecular complexity index is 2010. The Morgan fingerprint density at radius 1 is 1.23 bits per heavy atom. The number of benzene rings is 2. The number of nitrogens with two attached hydrogens (primary N) is 1. The van der Waals surface area contributed by atoms with E-state index in [1.165, 1.54) is 6.07 Å². The van der Waals surface area contributed by atoms with Crippen molar-refractivity contribution in [1.29, 1.82) is 5.26 Å². The number of anilines is 2. The number of piperidine rings is 1. The molecule has 0 aliphatic carbocycles. The van der Waals surface area contributed by atoms with Crippen LogP contribution in [0.3, 0.4) is 0 Å². The molecule has 48 heavy (non-hydrogen) atoms. The van der Waals surface area contributed by atoms with Crippen LogP contribution in [0.5, 0.6) is 11.8 Å². The highest BCUT2D eigenvalue weighted by atomic mass is 35.5. The summed E-state index contributed by atoms with van der Waals surface area (Å²) in [4.78, 5) is 13.1. The number of nitrogens with zero attached hydrogens (tertiary/aromatic N) is 5. The van der Waals surface area contributed by atoms with E-state index in [0.717, 1.165) is 36.8 Å². The van der Waals surface area contributed by atoms with E-state index in [1.54, 1.807) is 0 Å². The number of fused-ring (bicyclic) bond motifs is 4. The molecule has 2 aromatic heterocycles. The van der Waals surface area contributed by atoms with Crippen LogP contribution in [0.15, 0.2) is 12.1 Å². The summed E-state index contributed by atoms with van der Waals surface area (Å²) in [5.41, 5.74) is 5.21. The summed E-state index contributed by atoms with van der Waals surface area (Å²) < 4.78 is 90.2. The first-order valence-corrected chi connectivity index (χ1v) is 16.8. The van der Waals surface area contributed by atoms with E-state index < -0.39 is 42.1 Å². The van der Waals surface area contributed by atoms with E-state index in [9.17, 15) is 22.8 Å². The Balaban J connectivity index is 1.31. The first kappa shape index (κ1) is 31.6. The van der Waals surface area contributed by atoms with Gasteiger partial charge in [-0.1, -0.05) is 17.7 Å². The van der Waals surface area contributed by atoms with Crippen LogP contribution >= 0.6 is 22.9 Å². The van der Waals surface area contributed by atoms with Crippen LogP contribution < -0.4 is 20.1 Å². The van der Waals surface area contributed by atoms with Crippen molar-refractivity contribution in [3.63, 3.8) is 0 Å². The molecule has 2 aromatic carbocycles. The van der Waals surface area contributed by atoms with Gasteiger partial charge in [0, 0.05) is 30.5 Å². The van der Waals surface area contributed by atoms with Crippen molar-refractivity contribution < 1.29 is 36.2 Å². The van der Waals surface area contributed by atoms with Crippen LogP contribution in [0.4, 0.5) is 32.8 Å². The Kier molecular flexibility index (Phi) is 7.70. The van der Waals surface area contributed by atoms with Gasteiger partial charge in [0.15, 0.2) is 11.6 Å². The van der Waals surface area contributed by atoms with Gasteiger partial charge in [0.25, 0.3) is 0 Å². The molecule has 0 spiro atoms. The lowest BCUT2D eigenvalue weighted by Crippen LogP contribution is -2.48. The molecule has 4 atom stereocenters. The fourth-order valence-electron chi connectivity index (χ4n) is 7.94. The summed E-state index contributed by atoms with van der Waals surface area (Å²) in [6.45, 7) is -1.61. The van der Waals surface area contributed by atoms with Gasteiger partial charge in [0.2, 0.25) is 0 Å². The third-order valence-electron chi connectivity index (χ3n) is 10.0. The summed E-state index contributed by atoms with van der Waals surface area (Å²) in [5.74, 6) is -1.25. The molecule has 16 heteroatoms. The number of aromatic nitrogens is 2. The number of hydrogen-bond acceptors (Lipinski definition) is 10. The highest BCUT2D eigenvalue weighted by Gasteiger charge is 2.49. The van der Waals surface area contributed by atoms with Gasteiger partial charge in [0.05, 0.1) is 38.4 Å². The van der Waals surface area contributed by atoms with Crippen LogP contribution in [-0.4, -0.2) is 78.2 Å². The summed E-state index contributed by atoms with van der Waals surface area (Å²) in [7, 11) is 0. The van der Waals surface area contributed by atoms with E-state index in [-0.39, 0.29) is 97.9 Å². The third kappa shape index (κ3) is 4.90. The highest BCUT2D eigenvalue weighted by molar-refractivity contribution is 7.23. The summed E-state index contributed by atoms with van der Waals surface area (Å²) in [6.07, 6.45) is 0.575. The van der Waals surface area contributed by atoms with E-state index in [1.807, 2.05) is 11.0 Å². The molecule has 9 nitrogen and oxygen atoms in total. The summed E-state index contributed by atoms with van der Waals surface area (Å²) >= 11 is 7.83. The second-order valence-electron chi connectivity index (χ2n) is 12.7. The van der Waals surface area contributed by atoms with Crippen molar-refractivity contribution >= 4 is 54.7 Å². The van der Waals surface area contributed by atoms with Crippen molar-refractivity contribution in [2.45, 2.75) is 62.6 Å². The molecule has 3 saturated heterocycles. The van der Waals surface area contributed by atoms with Gasteiger partial charge < -0.3 is 24.8 Å². The first-order valence-electron chi connectivity index (χ1n) is 15.6. The first-order chi connectivity index (χ1) is 23.1. The van der Waals surface area contributed by atoms with Crippen LogP contribution in [0.2, 0.25) is 5.02 Å². The zero-order valence-electron chi connectivity index (χ0n) is 25.2. The van der Waals surface area contributed by atoms with E-state index >= 15 is 4.39 Å². The predicted octanol–water partition coefficient (Wildman–Crippen LogP) is 6.82. The molecule has 0 bridgehead atoms. The number of hydrogen-bond donors (Lipinski definition) is 1. The zero-order valence-corrected chi connectivity index (χ0v) is 26.8. The molecule has 0 saturated carbocycles. The fraction of sp³-hybridized carbons (Fsp3) is 0.469. The largest absolute Gasteiger partial charge is 0.489 e. The number of rotatable bonds is 6. The number of ether oxygens (including phenoxy) is 3. The maximum Gasteiger partial charge on any atom is 0.345 e. The lowest BCUT2D eigenvalue weighted by atomic mass is 9.95. The Morgan fingerprint density at radius 3 is 2.85 bits per heavy atom. The maximum absolute atomic E-state index is 17.1. The minimum Gasteiger partial charge on any atom is -0.489 e. The molecule has 3 unspecified atom stereocenters. The number of alkyl halides is 3. The van der Waals surface area contributed by atoms with Gasteiger partial charge in [-0.25, -0.2) is 13.2 Å². The molecule has 252 valence electrons. The van der Waals surface area contributed by atoms with Crippen LogP contribution in [0, 0.1) is 23.0 Å². The van der Waals surface area contributed by atoms with Crippen molar-refractivity contribution in [2.24, 2.45) is 0 Å².